The molecule has 0 saturated carbocycles. The molecule has 2 aromatic carbocycles. The molecule has 0 N–H and O–H groups in total. The summed E-state index contributed by atoms with van der Waals surface area (Å²) in [5.74, 6) is 1.14. The van der Waals surface area contributed by atoms with Crippen LogP contribution in [0.5, 0.6) is 11.6 Å². The lowest BCUT2D eigenvalue weighted by atomic mass is 10.2. The van der Waals surface area contributed by atoms with Crippen LogP contribution in [-0.4, -0.2) is 29.9 Å². The molecule has 5 nitrogen and oxygen atoms in total. The quantitative estimate of drug-likeness (QED) is 0.639. The minimum absolute atomic E-state index is 0.0854. The van der Waals surface area contributed by atoms with Crippen LogP contribution in [0.2, 0.25) is 0 Å². The molecule has 0 spiro atoms. The first kappa shape index (κ1) is 18.5. The number of rotatable bonds is 7. The molecule has 0 aliphatic heterocycles. The third-order valence-electron chi connectivity index (χ3n) is 4.14. The first-order chi connectivity index (χ1) is 13.2. The van der Waals surface area contributed by atoms with Crippen molar-refractivity contribution in [3.05, 3.63) is 89.6 Å². The SMILES string of the molecule is COc1ccc(CN(C)C(=O)c2ccnc(OCc3ccccc3)c2)cc1. The van der Waals surface area contributed by atoms with Crippen LogP contribution >= 0.6 is 0 Å². The number of carbonyl (C=O) groups is 1. The monoisotopic (exact) mass is 362 g/mol. The van der Waals surface area contributed by atoms with Gasteiger partial charge in [0.05, 0.1) is 7.11 Å². The zero-order valence-corrected chi connectivity index (χ0v) is 15.5. The predicted octanol–water partition coefficient (Wildman–Crippen LogP) is 3.94. The number of pyridine rings is 1. The van der Waals surface area contributed by atoms with Gasteiger partial charge < -0.3 is 14.4 Å². The molecule has 0 unspecified atom stereocenters. The van der Waals surface area contributed by atoms with Crippen molar-refractivity contribution in [2.24, 2.45) is 0 Å². The Morgan fingerprint density at radius 1 is 1.00 bits per heavy atom. The van der Waals surface area contributed by atoms with E-state index in [0.717, 1.165) is 16.9 Å². The summed E-state index contributed by atoms with van der Waals surface area (Å²) in [6.07, 6.45) is 1.59. The second-order valence-electron chi connectivity index (χ2n) is 6.17. The molecule has 0 aliphatic rings. The average Bonchev–Trinajstić information content (AvgIpc) is 2.73. The lowest BCUT2D eigenvalue weighted by molar-refractivity contribution is 0.0784. The number of aromatic nitrogens is 1. The van der Waals surface area contributed by atoms with Gasteiger partial charge in [-0.2, -0.15) is 0 Å². The molecule has 0 bridgehead atoms. The average molecular weight is 362 g/mol. The summed E-state index contributed by atoms with van der Waals surface area (Å²) >= 11 is 0. The number of hydrogen-bond acceptors (Lipinski definition) is 4. The molecule has 138 valence electrons. The Balaban J connectivity index is 1.63. The summed E-state index contributed by atoms with van der Waals surface area (Å²) in [7, 11) is 3.41. The van der Waals surface area contributed by atoms with E-state index in [0.29, 0.717) is 24.6 Å². The number of amides is 1. The molecule has 3 aromatic rings. The van der Waals surface area contributed by atoms with Crippen molar-refractivity contribution in [1.29, 1.82) is 0 Å². The van der Waals surface area contributed by atoms with Gasteiger partial charge in [-0.3, -0.25) is 4.79 Å². The first-order valence-electron chi connectivity index (χ1n) is 8.67. The van der Waals surface area contributed by atoms with Crippen molar-refractivity contribution in [2.45, 2.75) is 13.2 Å². The van der Waals surface area contributed by atoms with Crippen molar-refractivity contribution in [2.75, 3.05) is 14.2 Å². The smallest absolute Gasteiger partial charge is 0.254 e. The zero-order valence-electron chi connectivity index (χ0n) is 15.5. The van der Waals surface area contributed by atoms with E-state index in [2.05, 4.69) is 4.98 Å². The lowest BCUT2D eigenvalue weighted by Crippen LogP contribution is -2.26. The van der Waals surface area contributed by atoms with Crippen molar-refractivity contribution in [3.63, 3.8) is 0 Å². The highest BCUT2D eigenvalue weighted by atomic mass is 16.5. The molecule has 27 heavy (non-hydrogen) atoms. The van der Waals surface area contributed by atoms with Gasteiger partial charge in [0.25, 0.3) is 5.91 Å². The Labute approximate surface area is 159 Å². The van der Waals surface area contributed by atoms with Crippen LogP contribution in [0.3, 0.4) is 0 Å². The van der Waals surface area contributed by atoms with E-state index in [9.17, 15) is 4.79 Å². The maximum Gasteiger partial charge on any atom is 0.254 e. The summed E-state index contributed by atoms with van der Waals surface area (Å²) < 4.78 is 10.9. The highest BCUT2D eigenvalue weighted by Gasteiger charge is 2.13. The van der Waals surface area contributed by atoms with Gasteiger partial charge in [0.1, 0.15) is 12.4 Å². The van der Waals surface area contributed by atoms with Crippen LogP contribution in [-0.2, 0) is 13.2 Å². The van der Waals surface area contributed by atoms with Crippen LogP contribution in [0.1, 0.15) is 21.5 Å². The van der Waals surface area contributed by atoms with E-state index in [1.54, 1.807) is 37.4 Å². The Kier molecular flexibility index (Phi) is 6.05. The summed E-state index contributed by atoms with van der Waals surface area (Å²) in [6, 6.07) is 20.9. The fourth-order valence-electron chi connectivity index (χ4n) is 2.65. The number of methoxy groups -OCH3 is 1. The van der Waals surface area contributed by atoms with E-state index in [1.165, 1.54) is 0 Å². The summed E-state index contributed by atoms with van der Waals surface area (Å²) in [6.45, 7) is 0.915. The molecule has 1 heterocycles. The summed E-state index contributed by atoms with van der Waals surface area (Å²) in [4.78, 5) is 18.6. The molecule has 3 rings (SSSR count). The molecule has 0 aliphatic carbocycles. The molecule has 5 heteroatoms. The van der Waals surface area contributed by atoms with Gasteiger partial charge in [0.2, 0.25) is 5.88 Å². The highest BCUT2D eigenvalue weighted by molar-refractivity contribution is 5.94. The third-order valence-corrected chi connectivity index (χ3v) is 4.14. The van der Waals surface area contributed by atoms with E-state index >= 15 is 0 Å². The van der Waals surface area contributed by atoms with Gasteiger partial charge in [0, 0.05) is 31.4 Å². The van der Waals surface area contributed by atoms with Crippen molar-refractivity contribution in [3.8, 4) is 11.6 Å². The minimum Gasteiger partial charge on any atom is -0.497 e. The Bertz CT molecular complexity index is 880. The lowest BCUT2D eigenvalue weighted by Gasteiger charge is -2.18. The van der Waals surface area contributed by atoms with Gasteiger partial charge in [-0.05, 0) is 29.3 Å². The minimum atomic E-state index is -0.0854. The van der Waals surface area contributed by atoms with Gasteiger partial charge in [-0.25, -0.2) is 4.98 Å². The largest absolute Gasteiger partial charge is 0.497 e. The van der Waals surface area contributed by atoms with Crippen molar-refractivity contribution >= 4 is 5.91 Å². The van der Waals surface area contributed by atoms with Crippen LogP contribution in [0.15, 0.2) is 72.9 Å². The predicted molar refractivity (Wildman–Crippen MR) is 104 cm³/mol. The van der Waals surface area contributed by atoms with E-state index < -0.39 is 0 Å². The molecular weight excluding hydrogens is 340 g/mol. The van der Waals surface area contributed by atoms with Crippen LogP contribution < -0.4 is 9.47 Å². The molecule has 0 radical (unpaired) electrons. The number of benzene rings is 2. The summed E-state index contributed by atoms with van der Waals surface area (Å²) in [5.41, 5.74) is 2.62. The second kappa shape index (κ2) is 8.85. The first-order valence-corrected chi connectivity index (χ1v) is 8.67. The van der Waals surface area contributed by atoms with Gasteiger partial charge in [0.15, 0.2) is 0 Å². The molecule has 0 atom stereocenters. The molecular formula is C22H22N2O3. The topological polar surface area (TPSA) is 51.7 Å². The van der Waals surface area contributed by atoms with Gasteiger partial charge in [-0.1, -0.05) is 42.5 Å². The van der Waals surface area contributed by atoms with E-state index in [4.69, 9.17) is 9.47 Å². The number of carbonyl (C=O) groups excluding carboxylic acids is 1. The third kappa shape index (κ3) is 5.07. The van der Waals surface area contributed by atoms with Gasteiger partial charge >= 0.3 is 0 Å². The maximum atomic E-state index is 12.7. The number of ether oxygens (including phenoxy) is 2. The zero-order chi connectivity index (χ0) is 19.1. The van der Waals surface area contributed by atoms with Crippen LogP contribution in [0.25, 0.3) is 0 Å². The highest BCUT2D eigenvalue weighted by Crippen LogP contribution is 2.16. The Hall–Kier alpha value is -3.34. The van der Waals surface area contributed by atoms with Crippen molar-refractivity contribution < 1.29 is 14.3 Å². The Morgan fingerprint density at radius 2 is 1.74 bits per heavy atom. The maximum absolute atomic E-state index is 12.7. The molecule has 0 fully saturated rings. The fraction of sp³-hybridized carbons (Fsp3) is 0.182. The van der Waals surface area contributed by atoms with Crippen LogP contribution in [0, 0.1) is 0 Å². The van der Waals surface area contributed by atoms with E-state index in [1.807, 2.05) is 54.6 Å². The molecule has 0 saturated heterocycles. The summed E-state index contributed by atoms with van der Waals surface area (Å²) in [5, 5.41) is 0. The standard InChI is InChI=1S/C22H22N2O3/c1-24(15-17-8-10-20(26-2)11-9-17)22(25)19-12-13-23-21(14-19)27-16-18-6-4-3-5-7-18/h3-14H,15-16H2,1-2H3. The van der Waals surface area contributed by atoms with Crippen molar-refractivity contribution in [1.82, 2.24) is 9.88 Å². The second-order valence-corrected chi connectivity index (χ2v) is 6.17. The van der Waals surface area contributed by atoms with Gasteiger partial charge in [-0.15, -0.1) is 0 Å². The fourth-order valence-corrected chi connectivity index (χ4v) is 2.65. The number of hydrogen-bond donors (Lipinski definition) is 0. The van der Waals surface area contributed by atoms with E-state index in [-0.39, 0.29) is 5.91 Å². The molecule has 1 aromatic heterocycles. The van der Waals surface area contributed by atoms with Crippen LogP contribution in [0.4, 0.5) is 0 Å². The number of nitrogens with zero attached hydrogens (tertiary/aromatic N) is 2. The Morgan fingerprint density at radius 3 is 2.44 bits per heavy atom. The normalized spacial score (nSPS) is 10.3. The molecule has 1 amide bonds.